The largest absolute Gasteiger partial charge is 0.370 e. The Morgan fingerprint density at radius 3 is 0.590 bits per heavy atom. The molecular formula is C87H144N18. The smallest absolute Gasteiger partial charge is 0.0435 e. The Labute approximate surface area is 636 Å². The zero-order chi connectivity index (χ0) is 77.4. The Morgan fingerprint density at radius 1 is 0.257 bits per heavy atom. The van der Waals surface area contributed by atoms with E-state index in [4.69, 9.17) is 34.4 Å². The minimum Gasteiger partial charge on any atom is -0.370 e. The lowest BCUT2D eigenvalue weighted by Gasteiger charge is -2.39. The van der Waals surface area contributed by atoms with Crippen LogP contribution in [-0.4, -0.2) is 145 Å². The molecule has 18 nitrogen and oxygen atoms in total. The molecule has 0 aromatic carbocycles. The van der Waals surface area contributed by atoms with Crippen molar-refractivity contribution < 1.29 is 0 Å². The molecule has 6 aliphatic rings. The summed E-state index contributed by atoms with van der Waals surface area (Å²) in [7, 11) is 0. The molecule has 105 heavy (non-hydrogen) atoms. The van der Waals surface area contributed by atoms with E-state index >= 15 is 0 Å². The zero-order valence-electron chi connectivity index (χ0n) is 69.3. The summed E-state index contributed by atoms with van der Waals surface area (Å²) in [4.78, 5) is 40.2. The number of nitrogens with zero attached hydrogens (tertiary/aromatic N) is 12. The third kappa shape index (κ3) is 25.8. The van der Waals surface area contributed by atoms with E-state index in [2.05, 4.69) is 241 Å². The Bertz CT molecular complexity index is 3170. The predicted octanol–water partition coefficient (Wildman–Crippen LogP) is 14.6. The number of hydrogen-bond donors (Lipinski definition) is 6. The van der Waals surface area contributed by atoms with Gasteiger partial charge in [-0.15, -0.1) is 0 Å². The van der Waals surface area contributed by atoms with Gasteiger partial charge in [-0.2, -0.15) is 0 Å². The van der Waals surface area contributed by atoms with Gasteiger partial charge in [0.1, 0.15) is 0 Å². The van der Waals surface area contributed by atoms with Gasteiger partial charge in [-0.3, -0.25) is 29.9 Å². The highest BCUT2D eigenvalue weighted by Crippen LogP contribution is 2.39. The van der Waals surface area contributed by atoms with Gasteiger partial charge < -0.3 is 63.8 Å². The van der Waals surface area contributed by atoms with Gasteiger partial charge in [-0.1, -0.05) is 145 Å². The quantitative estimate of drug-likeness (QED) is 0.0906. The number of hydrogen-bond acceptors (Lipinski definition) is 18. The molecule has 6 aromatic rings. The van der Waals surface area contributed by atoms with Crippen LogP contribution in [0.3, 0.4) is 0 Å². The predicted molar refractivity (Wildman–Crippen MR) is 448 cm³/mol. The van der Waals surface area contributed by atoms with Gasteiger partial charge in [0.15, 0.2) is 0 Å². The fraction of sp³-hybridized carbons (Fsp3) is 0.655. The molecule has 582 valence electrons. The molecule has 6 saturated heterocycles. The van der Waals surface area contributed by atoms with E-state index in [1.165, 1.54) is 86.8 Å². The normalized spacial score (nSPS) is 23.5. The maximum Gasteiger partial charge on any atom is 0.0435 e. The summed E-state index contributed by atoms with van der Waals surface area (Å²) in [5, 5.41) is 0. The standard InChI is InChI=1S/3C15H25N3.3C14H23N3/c3*1-11-7-12(16)10-18(9-11)14-5-6-17-8-13(14)15(2,3)4;3*1-14(2,3)12-9-16-7-6-13(12)17-8-4-5-11(15)10-17/h3*5-6,8,11-12H,7,9-10,16H2,1-4H3;3*6-7,9,11H,4-5,8,10,15H2,1-3H3/t2*11-,12+;;2*11-;/m10.10./s1. The van der Waals surface area contributed by atoms with Gasteiger partial charge in [0.25, 0.3) is 0 Å². The van der Waals surface area contributed by atoms with Gasteiger partial charge in [0, 0.05) is 223 Å². The first-order valence-electron chi connectivity index (χ1n) is 39.8. The summed E-state index contributed by atoms with van der Waals surface area (Å²) in [6.07, 6.45) is 33.7. The first kappa shape index (κ1) is 85.7. The lowest BCUT2D eigenvalue weighted by molar-refractivity contribution is 0.399. The molecule has 3 unspecified atom stereocenters. The first-order valence-corrected chi connectivity index (χ1v) is 39.8. The lowest BCUT2D eigenvalue weighted by Crippen LogP contribution is -2.47. The minimum atomic E-state index is 0.119. The average molecular weight is 1440 g/mol. The molecule has 6 aromatic heterocycles. The van der Waals surface area contributed by atoms with Crippen LogP contribution in [0.15, 0.2) is 111 Å². The van der Waals surface area contributed by atoms with Crippen LogP contribution in [0.2, 0.25) is 0 Å². The zero-order valence-corrected chi connectivity index (χ0v) is 69.3. The molecule has 0 saturated carbocycles. The van der Waals surface area contributed by atoms with Crippen LogP contribution >= 0.6 is 0 Å². The van der Waals surface area contributed by atoms with Crippen molar-refractivity contribution in [1.29, 1.82) is 0 Å². The van der Waals surface area contributed by atoms with E-state index in [1.807, 2.05) is 74.4 Å². The molecule has 0 radical (unpaired) electrons. The van der Waals surface area contributed by atoms with Crippen LogP contribution in [0, 0.1) is 17.8 Å². The van der Waals surface area contributed by atoms with Crippen LogP contribution < -0.4 is 63.8 Å². The van der Waals surface area contributed by atoms with Crippen LogP contribution in [0.4, 0.5) is 34.1 Å². The number of nitrogens with two attached hydrogens (primary N) is 6. The van der Waals surface area contributed by atoms with Gasteiger partial charge in [0.2, 0.25) is 0 Å². The number of piperidine rings is 6. The van der Waals surface area contributed by atoms with E-state index in [9.17, 15) is 0 Å². The average Bonchev–Trinajstić information content (AvgIpc) is 0.678. The summed E-state index contributed by atoms with van der Waals surface area (Å²) >= 11 is 0. The highest BCUT2D eigenvalue weighted by Gasteiger charge is 2.33. The topological polar surface area (TPSA) is 253 Å². The number of rotatable bonds is 6. The SMILES string of the molecule is CC(C)(C)c1cnccc1N1CCCC(N)C1.CC(C)(C)c1cnccc1N1CCC[C@@H](N)C1.CC(C)(C)c1cnccc1N1CCC[C@H](N)C1.CC1CC(N)CN(c2ccncc2C(C)(C)C)C1.C[C@@H]1C[C@H](N)CN(c2ccncc2C(C)(C)C)C1.C[C@H]1C[C@@H](N)CN(c2ccncc2C(C)(C)C)C1. The maximum atomic E-state index is 6.15. The van der Waals surface area contributed by atoms with Crippen LogP contribution in [0.1, 0.15) is 237 Å². The van der Waals surface area contributed by atoms with Crippen LogP contribution in [-0.2, 0) is 32.5 Å². The molecular weight excluding hydrogens is 1300 g/mol. The van der Waals surface area contributed by atoms with E-state index in [0.717, 1.165) is 117 Å². The Balaban J connectivity index is 0.000000176. The highest BCUT2D eigenvalue weighted by molar-refractivity contribution is 5.60. The second-order valence-corrected chi connectivity index (χ2v) is 37.9. The Kier molecular flexibility index (Phi) is 30.6. The second kappa shape index (κ2) is 37.5. The number of aromatic nitrogens is 6. The summed E-state index contributed by atoms with van der Waals surface area (Å²) in [5.41, 5.74) is 53.1. The van der Waals surface area contributed by atoms with Crippen molar-refractivity contribution in [3.8, 4) is 0 Å². The highest BCUT2D eigenvalue weighted by atomic mass is 15.2. The van der Waals surface area contributed by atoms with Gasteiger partial charge >= 0.3 is 0 Å². The molecule has 0 aliphatic carbocycles. The van der Waals surface area contributed by atoms with E-state index in [1.54, 1.807) is 0 Å². The number of anilines is 6. The molecule has 0 bridgehead atoms. The van der Waals surface area contributed by atoms with Crippen LogP contribution in [0.5, 0.6) is 0 Å². The summed E-state index contributed by atoms with van der Waals surface area (Å²) in [6, 6.07) is 14.6. The Morgan fingerprint density at radius 2 is 0.429 bits per heavy atom. The second-order valence-electron chi connectivity index (χ2n) is 37.9. The van der Waals surface area contributed by atoms with E-state index in [0.29, 0.717) is 35.9 Å². The van der Waals surface area contributed by atoms with Crippen molar-refractivity contribution in [2.24, 2.45) is 52.2 Å². The van der Waals surface area contributed by atoms with Gasteiger partial charge in [-0.05, 0) is 178 Å². The van der Waals surface area contributed by atoms with E-state index < -0.39 is 0 Å². The molecule has 6 fully saturated rings. The van der Waals surface area contributed by atoms with Crippen molar-refractivity contribution in [1.82, 2.24) is 29.9 Å². The van der Waals surface area contributed by atoms with Gasteiger partial charge in [0.05, 0.1) is 0 Å². The fourth-order valence-corrected chi connectivity index (χ4v) is 15.9. The molecule has 0 amide bonds. The van der Waals surface area contributed by atoms with Crippen molar-refractivity contribution in [2.75, 3.05) is 108 Å². The number of pyridine rings is 6. The molecule has 6 aliphatic heterocycles. The Hall–Kier alpha value is -6.54. The maximum absolute atomic E-state index is 6.15. The van der Waals surface area contributed by atoms with Gasteiger partial charge in [-0.25, -0.2) is 0 Å². The first-order chi connectivity index (χ1) is 49.1. The third-order valence-corrected chi connectivity index (χ3v) is 21.1. The van der Waals surface area contributed by atoms with Crippen LogP contribution in [0.25, 0.3) is 0 Å². The molecule has 18 heteroatoms. The minimum absolute atomic E-state index is 0.119. The summed E-state index contributed by atoms with van der Waals surface area (Å²) in [6.45, 7) is 59.5. The molecule has 9 atom stereocenters. The van der Waals surface area contributed by atoms with Crippen molar-refractivity contribution >= 4 is 34.1 Å². The van der Waals surface area contributed by atoms with Crippen molar-refractivity contribution in [3.05, 3.63) is 144 Å². The van der Waals surface area contributed by atoms with Crippen molar-refractivity contribution in [3.63, 3.8) is 0 Å². The molecule has 12 N–H and O–H groups in total. The van der Waals surface area contributed by atoms with Crippen molar-refractivity contribution in [2.45, 2.75) is 272 Å². The summed E-state index contributed by atoms with van der Waals surface area (Å²) in [5.74, 6) is 1.99. The third-order valence-electron chi connectivity index (χ3n) is 21.1. The molecule has 12 heterocycles. The lowest BCUT2D eigenvalue weighted by atomic mass is 9.86. The van der Waals surface area contributed by atoms with E-state index in [-0.39, 0.29) is 50.6 Å². The monoisotopic (exact) mass is 1440 g/mol. The molecule has 0 spiro atoms. The summed E-state index contributed by atoms with van der Waals surface area (Å²) < 4.78 is 0. The fourth-order valence-electron chi connectivity index (χ4n) is 15.9. The molecule has 12 rings (SSSR count).